The first-order valence-electron chi connectivity index (χ1n) is 10.2. The minimum atomic E-state index is -2.20. The van der Waals surface area contributed by atoms with Crippen LogP contribution in [0.4, 0.5) is 0 Å². The number of pyridine rings is 2. The molecule has 0 atom stereocenters. The Hall–Kier alpha value is -2.57. The summed E-state index contributed by atoms with van der Waals surface area (Å²) in [4.78, 5) is 9.66. The first kappa shape index (κ1) is 17.5. The van der Waals surface area contributed by atoms with Crippen LogP contribution in [0.5, 0.6) is 0 Å². The molecule has 3 heteroatoms. The summed E-state index contributed by atoms with van der Waals surface area (Å²) < 4.78 is 0. The minimum absolute atomic E-state index is 1.15. The van der Waals surface area contributed by atoms with E-state index in [-0.39, 0.29) is 0 Å². The molecule has 0 N–H and O–H groups in total. The summed E-state index contributed by atoms with van der Waals surface area (Å²) in [6, 6.07) is 23.8. The summed E-state index contributed by atoms with van der Waals surface area (Å²) in [5.74, 6) is 0. The molecule has 2 aromatic heterocycles. The van der Waals surface area contributed by atoms with Gasteiger partial charge in [0.1, 0.15) is 0 Å². The third-order valence-electron chi connectivity index (χ3n) is 6.26. The summed E-state index contributed by atoms with van der Waals surface area (Å²) in [7, 11) is -2.20. The Morgan fingerprint density at radius 3 is 1.61 bits per heavy atom. The molecule has 1 aromatic carbocycles. The molecule has 1 saturated carbocycles. The third-order valence-corrected chi connectivity index (χ3v) is 10.9. The van der Waals surface area contributed by atoms with Crippen LogP contribution in [0.1, 0.15) is 37.1 Å². The van der Waals surface area contributed by atoms with Crippen LogP contribution >= 0.6 is 7.26 Å². The second kappa shape index (κ2) is 7.11. The third kappa shape index (κ3) is 2.67. The van der Waals surface area contributed by atoms with E-state index in [1.54, 1.807) is 11.1 Å². The molecule has 0 unspecified atom stereocenters. The van der Waals surface area contributed by atoms with Gasteiger partial charge in [-0.15, -0.1) is 0 Å². The number of nitrogens with zero attached hydrogens (tertiary/aromatic N) is 2. The van der Waals surface area contributed by atoms with Crippen molar-refractivity contribution in [3.8, 4) is 0 Å². The maximum absolute atomic E-state index is 4.83. The monoisotopic (exact) mass is 384 g/mol. The molecule has 1 fully saturated rings. The standard InChI is InChI=1S/C25H25N2P/c1-28(19-11-3-2-4-12-19)24(22-15-7-9-17-26-22)20-13-5-6-14-21(20)25(28)23-16-8-10-18-27-23/h2-4,7-12,15-18,28H,5-6,13-14H2,1H3. The Morgan fingerprint density at radius 2 is 1.14 bits per heavy atom. The molecule has 0 spiro atoms. The molecule has 3 heterocycles. The Morgan fingerprint density at radius 1 is 0.643 bits per heavy atom. The number of rotatable bonds is 3. The Bertz CT molecular complexity index is 988. The molecule has 0 bridgehead atoms. The van der Waals surface area contributed by atoms with E-state index in [1.807, 2.05) is 24.5 Å². The van der Waals surface area contributed by atoms with E-state index in [4.69, 9.17) is 9.97 Å². The van der Waals surface area contributed by atoms with E-state index in [1.165, 1.54) is 28.8 Å². The van der Waals surface area contributed by atoms with Gasteiger partial charge in [0.2, 0.25) is 0 Å². The SMILES string of the molecule is C[PH]1(c2ccccc2)C(c2ccccn2)=C2CCCCC2=C1c1ccccn1. The van der Waals surface area contributed by atoms with Crippen molar-refractivity contribution in [1.29, 1.82) is 0 Å². The molecule has 140 valence electrons. The summed E-state index contributed by atoms with van der Waals surface area (Å²) in [6.45, 7) is 2.51. The van der Waals surface area contributed by atoms with Crippen molar-refractivity contribution >= 4 is 23.2 Å². The second-order valence-electron chi connectivity index (χ2n) is 7.84. The van der Waals surface area contributed by atoms with Crippen molar-refractivity contribution in [1.82, 2.24) is 9.97 Å². The van der Waals surface area contributed by atoms with Crippen LogP contribution in [-0.2, 0) is 0 Å². The average molecular weight is 384 g/mol. The van der Waals surface area contributed by atoms with Gasteiger partial charge >= 0.3 is 167 Å². The van der Waals surface area contributed by atoms with E-state index in [0.29, 0.717) is 0 Å². The van der Waals surface area contributed by atoms with Gasteiger partial charge in [0, 0.05) is 0 Å². The molecular weight excluding hydrogens is 359 g/mol. The van der Waals surface area contributed by atoms with Crippen molar-refractivity contribution < 1.29 is 0 Å². The van der Waals surface area contributed by atoms with Crippen LogP contribution in [0, 0.1) is 0 Å². The molecule has 0 saturated heterocycles. The van der Waals surface area contributed by atoms with Gasteiger partial charge in [0.25, 0.3) is 0 Å². The van der Waals surface area contributed by atoms with E-state index < -0.39 is 7.26 Å². The molecule has 1 aliphatic heterocycles. The summed E-state index contributed by atoms with van der Waals surface area (Å²) in [5.41, 5.74) is 5.42. The molecule has 1 aliphatic carbocycles. The van der Waals surface area contributed by atoms with Crippen LogP contribution in [0.2, 0.25) is 0 Å². The molecule has 3 aromatic rings. The zero-order chi connectivity index (χ0) is 19.0. The quantitative estimate of drug-likeness (QED) is 0.526. The fourth-order valence-corrected chi connectivity index (χ4v) is 9.85. The predicted octanol–water partition coefficient (Wildman–Crippen LogP) is 5.89. The topological polar surface area (TPSA) is 25.8 Å². The van der Waals surface area contributed by atoms with Crippen molar-refractivity contribution in [3.63, 3.8) is 0 Å². The van der Waals surface area contributed by atoms with Crippen LogP contribution in [-0.4, -0.2) is 16.6 Å². The number of aromatic nitrogens is 2. The fourth-order valence-electron chi connectivity index (χ4n) is 5.09. The molecule has 0 radical (unpaired) electrons. The summed E-state index contributed by atoms with van der Waals surface area (Å²) >= 11 is 0. The van der Waals surface area contributed by atoms with E-state index >= 15 is 0 Å². The van der Waals surface area contributed by atoms with Crippen molar-refractivity contribution in [2.75, 3.05) is 6.66 Å². The number of fused-ring (bicyclic) bond motifs is 1. The zero-order valence-corrected chi connectivity index (χ0v) is 17.2. The van der Waals surface area contributed by atoms with Crippen LogP contribution in [0.25, 0.3) is 10.6 Å². The second-order valence-corrected chi connectivity index (χ2v) is 11.7. The number of hydrogen-bond donors (Lipinski definition) is 0. The average Bonchev–Trinajstić information content (AvgIpc) is 3.05. The predicted molar refractivity (Wildman–Crippen MR) is 121 cm³/mol. The molecule has 0 amide bonds. The van der Waals surface area contributed by atoms with Crippen molar-refractivity contribution in [2.45, 2.75) is 25.7 Å². The zero-order valence-electron chi connectivity index (χ0n) is 16.2. The van der Waals surface area contributed by atoms with Crippen LogP contribution in [0.15, 0.2) is 90.3 Å². The van der Waals surface area contributed by atoms with Gasteiger partial charge in [0.15, 0.2) is 0 Å². The molecule has 5 rings (SSSR count). The van der Waals surface area contributed by atoms with Gasteiger partial charge < -0.3 is 0 Å². The summed E-state index contributed by atoms with van der Waals surface area (Å²) in [5, 5.41) is 4.47. The van der Waals surface area contributed by atoms with Gasteiger partial charge in [-0.25, -0.2) is 0 Å². The Balaban J connectivity index is 1.84. The Kier molecular flexibility index (Phi) is 4.45. The molecule has 2 nitrogen and oxygen atoms in total. The van der Waals surface area contributed by atoms with Crippen molar-refractivity contribution in [2.24, 2.45) is 0 Å². The Labute approximate surface area is 167 Å². The maximum atomic E-state index is 4.83. The van der Waals surface area contributed by atoms with Gasteiger partial charge in [-0.1, -0.05) is 0 Å². The first-order chi connectivity index (χ1) is 13.8. The van der Waals surface area contributed by atoms with E-state index in [0.717, 1.165) is 24.2 Å². The normalized spacial score (nSPS) is 19.5. The van der Waals surface area contributed by atoms with Crippen LogP contribution < -0.4 is 5.30 Å². The van der Waals surface area contributed by atoms with Gasteiger partial charge in [-0.2, -0.15) is 0 Å². The first-order valence-corrected chi connectivity index (χ1v) is 12.7. The fraction of sp³-hybridized carbons (Fsp3) is 0.200. The van der Waals surface area contributed by atoms with E-state index in [2.05, 4.69) is 61.3 Å². The number of allylic oxidation sites excluding steroid dienone is 2. The summed E-state index contributed by atoms with van der Waals surface area (Å²) in [6.07, 6.45) is 8.72. The van der Waals surface area contributed by atoms with Crippen molar-refractivity contribution in [3.05, 3.63) is 102 Å². The molecule has 28 heavy (non-hydrogen) atoms. The molecular formula is C25H25N2P. The number of benzene rings is 1. The van der Waals surface area contributed by atoms with Gasteiger partial charge in [-0.3, -0.25) is 0 Å². The van der Waals surface area contributed by atoms with Gasteiger partial charge in [0.05, 0.1) is 0 Å². The van der Waals surface area contributed by atoms with E-state index in [9.17, 15) is 0 Å². The van der Waals surface area contributed by atoms with Crippen LogP contribution in [0.3, 0.4) is 0 Å². The van der Waals surface area contributed by atoms with Gasteiger partial charge in [-0.05, 0) is 0 Å². The molecule has 2 aliphatic rings. The number of hydrogen-bond acceptors (Lipinski definition) is 2.